The van der Waals surface area contributed by atoms with Gasteiger partial charge in [-0.25, -0.2) is 0 Å². The molecule has 76 valence electrons. The van der Waals surface area contributed by atoms with Crippen molar-refractivity contribution in [2.24, 2.45) is 5.73 Å². The van der Waals surface area contributed by atoms with Crippen molar-refractivity contribution in [1.29, 1.82) is 0 Å². The Labute approximate surface area is 80.9 Å². The highest BCUT2D eigenvalue weighted by molar-refractivity contribution is 5.79. The molecule has 0 atom stereocenters. The van der Waals surface area contributed by atoms with Crippen molar-refractivity contribution in [3.63, 3.8) is 0 Å². The quantitative estimate of drug-likeness (QED) is 0.680. The summed E-state index contributed by atoms with van der Waals surface area (Å²) in [4.78, 5) is 11.0. The Morgan fingerprint density at radius 3 is 2.46 bits per heavy atom. The predicted molar refractivity (Wildman–Crippen MR) is 54.5 cm³/mol. The van der Waals surface area contributed by atoms with Crippen LogP contribution in [0.1, 0.15) is 58.3 Å². The third kappa shape index (κ3) is 3.47. The molecule has 0 aromatic carbocycles. The molecule has 0 amide bonds. The number of hydrogen-bond acceptors (Lipinski definition) is 2. The van der Waals surface area contributed by atoms with Crippen molar-refractivity contribution in [3.05, 3.63) is 0 Å². The van der Waals surface area contributed by atoms with Gasteiger partial charge in [0.05, 0.1) is 0 Å². The summed E-state index contributed by atoms with van der Waals surface area (Å²) in [7, 11) is 0. The van der Waals surface area contributed by atoms with Gasteiger partial charge in [-0.15, -0.1) is 0 Å². The first-order valence-electron chi connectivity index (χ1n) is 5.47. The van der Waals surface area contributed by atoms with Crippen molar-refractivity contribution in [3.8, 4) is 0 Å². The zero-order chi connectivity index (χ0) is 9.73. The molecule has 1 aliphatic rings. The number of ketones is 1. The Kier molecular flexibility index (Phi) is 3.91. The largest absolute Gasteiger partial charge is 0.325 e. The van der Waals surface area contributed by atoms with Gasteiger partial charge in [-0.05, 0) is 19.3 Å². The summed E-state index contributed by atoms with van der Waals surface area (Å²) < 4.78 is 0. The number of rotatable bonds is 4. The van der Waals surface area contributed by atoms with Gasteiger partial charge in [0, 0.05) is 18.4 Å². The van der Waals surface area contributed by atoms with E-state index in [0.29, 0.717) is 18.6 Å². The first kappa shape index (κ1) is 10.7. The van der Waals surface area contributed by atoms with Crippen LogP contribution in [0.25, 0.3) is 0 Å². The van der Waals surface area contributed by atoms with Crippen LogP contribution in [0, 0.1) is 0 Å². The van der Waals surface area contributed by atoms with Gasteiger partial charge in [-0.1, -0.05) is 26.2 Å². The van der Waals surface area contributed by atoms with E-state index in [2.05, 4.69) is 6.92 Å². The Hall–Kier alpha value is -0.370. The van der Waals surface area contributed by atoms with Crippen LogP contribution in [0.2, 0.25) is 0 Å². The minimum atomic E-state index is -0.0108. The van der Waals surface area contributed by atoms with Crippen LogP contribution < -0.4 is 5.73 Å². The topological polar surface area (TPSA) is 43.1 Å². The fourth-order valence-corrected chi connectivity index (χ4v) is 2.00. The van der Waals surface area contributed by atoms with Crippen molar-refractivity contribution in [1.82, 2.24) is 0 Å². The molecule has 0 spiro atoms. The van der Waals surface area contributed by atoms with Crippen LogP contribution in [0.4, 0.5) is 0 Å². The van der Waals surface area contributed by atoms with Crippen molar-refractivity contribution >= 4 is 5.78 Å². The van der Waals surface area contributed by atoms with Crippen LogP contribution in [-0.2, 0) is 4.79 Å². The van der Waals surface area contributed by atoms with E-state index in [1.54, 1.807) is 0 Å². The number of carbonyl (C=O) groups is 1. The third-order valence-electron chi connectivity index (χ3n) is 3.08. The zero-order valence-electron chi connectivity index (χ0n) is 8.64. The van der Waals surface area contributed by atoms with E-state index in [1.165, 1.54) is 19.3 Å². The molecule has 1 saturated carbocycles. The predicted octanol–water partition coefficient (Wildman–Crippen LogP) is 2.41. The summed E-state index contributed by atoms with van der Waals surface area (Å²) in [5, 5.41) is 0. The number of unbranched alkanes of at least 4 members (excludes halogenated alkanes) is 2. The molecule has 1 rings (SSSR count). The fourth-order valence-electron chi connectivity index (χ4n) is 2.00. The molecule has 0 aliphatic heterocycles. The van der Waals surface area contributed by atoms with Crippen LogP contribution >= 0.6 is 0 Å². The SMILES string of the molecule is CCCCCC1(N)CCC(=O)CC1. The van der Waals surface area contributed by atoms with Crippen molar-refractivity contribution in [2.45, 2.75) is 63.8 Å². The Morgan fingerprint density at radius 1 is 1.31 bits per heavy atom. The highest BCUT2D eigenvalue weighted by Gasteiger charge is 2.29. The molecule has 2 nitrogen and oxygen atoms in total. The standard InChI is InChI=1S/C11H21NO/c1-2-3-4-7-11(12)8-5-10(13)6-9-11/h2-9,12H2,1H3. The molecule has 1 aliphatic carbocycles. The third-order valence-corrected chi connectivity index (χ3v) is 3.08. The first-order valence-corrected chi connectivity index (χ1v) is 5.47. The molecular formula is C11H21NO. The Bertz CT molecular complexity index is 167. The maximum atomic E-state index is 11.0. The molecule has 2 N–H and O–H groups in total. The van der Waals surface area contributed by atoms with Crippen LogP contribution in [-0.4, -0.2) is 11.3 Å². The normalized spacial score (nSPS) is 21.8. The molecule has 0 radical (unpaired) electrons. The maximum Gasteiger partial charge on any atom is 0.133 e. The van der Waals surface area contributed by atoms with E-state index in [0.717, 1.165) is 19.3 Å². The van der Waals surface area contributed by atoms with Gasteiger partial charge >= 0.3 is 0 Å². The fraction of sp³-hybridized carbons (Fsp3) is 0.909. The summed E-state index contributed by atoms with van der Waals surface area (Å²) in [5.74, 6) is 0.400. The maximum absolute atomic E-state index is 11.0. The summed E-state index contributed by atoms with van der Waals surface area (Å²) in [6.07, 6.45) is 8.09. The number of Topliss-reactive ketones (excluding diaryl/α,β-unsaturated/α-hetero) is 1. The van der Waals surface area contributed by atoms with E-state index in [-0.39, 0.29) is 5.54 Å². The summed E-state index contributed by atoms with van der Waals surface area (Å²) >= 11 is 0. The second-order valence-electron chi connectivity index (χ2n) is 4.36. The smallest absolute Gasteiger partial charge is 0.133 e. The molecule has 2 heteroatoms. The summed E-state index contributed by atoms with van der Waals surface area (Å²) in [6, 6.07) is 0. The van der Waals surface area contributed by atoms with E-state index >= 15 is 0 Å². The molecule has 0 unspecified atom stereocenters. The lowest BCUT2D eigenvalue weighted by molar-refractivity contribution is -0.121. The van der Waals surface area contributed by atoms with E-state index < -0.39 is 0 Å². The van der Waals surface area contributed by atoms with E-state index in [9.17, 15) is 4.79 Å². The van der Waals surface area contributed by atoms with E-state index in [1.807, 2.05) is 0 Å². The molecule has 13 heavy (non-hydrogen) atoms. The average molecular weight is 183 g/mol. The Morgan fingerprint density at radius 2 is 1.92 bits per heavy atom. The number of carbonyl (C=O) groups excluding carboxylic acids is 1. The summed E-state index contributed by atoms with van der Waals surface area (Å²) in [6.45, 7) is 2.20. The average Bonchev–Trinajstić information content (AvgIpc) is 2.12. The second-order valence-corrected chi connectivity index (χ2v) is 4.36. The van der Waals surface area contributed by atoms with Crippen molar-refractivity contribution in [2.75, 3.05) is 0 Å². The highest BCUT2D eigenvalue weighted by atomic mass is 16.1. The molecule has 0 bridgehead atoms. The molecule has 0 aromatic heterocycles. The van der Waals surface area contributed by atoms with Gasteiger partial charge in [0.2, 0.25) is 0 Å². The lowest BCUT2D eigenvalue weighted by atomic mass is 9.78. The van der Waals surface area contributed by atoms with Crippen LogP contribution in [0.5, 0.6) is 0 Å². The van der Waals surface area contributed by atoms with Crippen LogP contribution in [0.15, 0.2) is 0 Å². The van der Waals surface area contributed by atoms with Gasteiger partial charge < -0.3 is 5.73 Å². The van der Waals surface area contributed by atoms with Gasteiger partial charge in [0.15, 0.2) is 0 Å². The number of hydrogen-bond donors (Lipinski definition) is 1. The monoisotopic (exact) mass is 183 g/mol. The molecule has 0 aromatic rings. The van der Waals surface area contributed by atoms with Gasteiger partial charge in [-0.3, -0.25) is 4.79 Å². The lowest BCUT2D eigenvalue weighted by Gasteiger charge is -2.32. The Balaban J connectivity index is 2.26. The van der Waals surface area contributed by atoms with Gasteiger partial charge in [0.25, 0.3) is 0 Å². The lowest BCUT2D eigenvalue weighted by Crippen LogP contribution is -2.43. The minimum absolute atomic E-state index is 0.0108. The molecule has 1 fully saturated rings. The summed E-state index contributed by atoms with van der Waals surface area (Å²) in [5.41, 5.74) is 6.20. The van der Waals surface area contributed by atoms with Gasteiger partial charge in [0.1, 0.15) is 5.78 Å². The van der Waals surface area contributed by atoms with Crippen LogP contribution in [0.3, 0.4) is 0 Å². The number of nitrogens with two attached hydrogens (primary N) is 1. The highest BCUT2D eigenvalue weighted by Crippen LogP contribution is 2.28. The van der Waals surface area contributed by atoms with Gasteiger partial charge in [-0.2, -0.15) is 0 Å². The molecule has 0 saturated heterocycles. The molecule has 0 heterocycles. The minimum Gasteiger partial charge on any atom is -0.325 e. The zero-order valence-corrected chi connectivity index (χ0v) is 8.64. The van der Waals surface area contributed by atoms with Crippen molar-refractivity contribution < 1.29 is 4.79 Å². The first-order chi connectivity index (χ1) is 6.16. The molecular weight excluding hydrogens is 162 g/mol. The second kappa shape index (κ2) is 4.75. The van der Waals surface area contributed by atoms with E-state index in [4.69, 9.17) is 5.73 Å².